The number of benzene rings is 1. The van der Waals surface area contributed by atoms with E-state index in [2.05, 4.69) is 9.97 Å². The Morgan fingerprint density at radius 3 is 2.67 bits per heavy atom. The zero-order valence-corrected chi connectivity index (χ0v) is 16.8. The van der Waals surface area contributed by atoms with E-state index in [0.29, 0.717) is 16.9 Å². The average molecular weight is 414 g/mol. The van der Waals surface area contributed by atoms with Gasteiger partial charge in [-0.1, -0.05) is 18.2 Å². The quantitative estimate of drug-likeness (QED) is 0.678. The molecular weight excluding hydrogens is 391 g/mol. The summed E-state index contributed by atoms with van der Waals surface area (Å²) in [6, 6.07) is 7.90. The number of halogens is 1. The van der Waals surface area contributed by atoms with Crippen LogP contribution in [0.3, 0.4) is 0 Å². The Morgan fingerprint density at radius 2 is 1.90 bits per heavy atom. The maximum absolute atomic E-state index is 14.5. The lowest BCUT2D eigenvalue weighted by Gasteiger charge is -2.34. The summed E-state index contributed by atoms with van der Waals surface area (Å²) in [5, 5.41) is 12.1. The molecule has 5 rings (SSSR count). The molecule has 8 nitrogen and oxygen atoms in total. The molecule has 2 saturated heterocycles. The molecule has 2 aromatic heterocycles. The van der Waals surface area contributed by atoms with Crippen molar-refractivity contribution in [2.75, 3.05) is 5.73 Å². The molecule has 3 N–H and O–H groups in total. The van der Waals surface area contributed by atoms with Crippen LogP contribution in [0.1, 0.15) is 32.6 Å². The Hall–Kier alpha value is -2.59. The zero-order valence-electron chi connectivity index (χ0n) is 16.8. The van der Waals surface area contributed by atoms with Gasteiger partial charge < -0.3 is 29.6 Å². The van der Waals surface area contributed by atoms with Crippen molar-refractivity contribution in [3.63, 3.8) is 0 Å². The van der Waals surface area contributed by atoms with Gasteiger partial charge in [0.2, 0.25) is 0 Å². The van der Waals surface area contributed by atoms with Crippen molar-refractivity contribution in [2.24, 2.45) is 0 Å². The van der Waals surface area contributed by atoms with Gasteiger partial charge in [-0.25, -0.2) is 14.4 Å². The summed E-state index contributed by atoms with van der Waals surface area (Å²) in [5.74, 6) is -1.05. The molecule has 1 unspecified atom stereocenters. The Kier molecular flexibility index (Phi) is 4.17. The molecule has 0 aliphatic carbocycles. The lowest BCUT2D eigenvalue weighted by atomic mass is 9.86. The van der Waals surface area contributed by atoms with Gasteiger partial charge in [-0.3, -0.25) is 0 Å². The lowest BCUT2D eigenvalue weighted by Crippen LogP contribution is -2.45. The maximum Gasteiger partial charge on any atom is 0.164 e. The van der Waals surface area contributed by atoms with E-state index in [0.717, 1.165) is 0 Å². The molecule has 3 aromatic rings. The minimum atomic E-state index is -1.66. The first-order valence-electron chi connectivity index (χ1n) is 9.74. The third-order valence-electron chi connectivity index (χ3n) is 5.82. The first kappa shape index (κ1) is 19.4. The highest BCUT2D eigenvalue weighted by Gasteiger charge is 2.61. The van der Waals surface area contributed by atoms with Crippen molar-refractivity contribution in [3.8, 4) is 0 Å². The fraction of sp³-hybridized carbons (Fsp3) is 0.429. The Balaban J connectivity index is 1.59. The summed E-state index contributed by atoms with van der Waals surface area (Å²) in [7, 11) is 0. The highest BCUT2D eigenvalue weighted by Crippen LogP contribution is 2.49. The number of hydrogen-bond donors (Lipinski definition) is 2. The molecule has 2 aliphatic rings. The van der Waals surface area contributed by atoms with Gasteiger partial charge in [0.25, 0.3) is 0 Å². The van der Waals surface area contributed by atoms with Crippen LogP contribution >= 0.6 is 0 Å². The number of nitrogens with zero attached hydrogens (tertiary/aromatic N) is 3. The summed E-state index contributed by atoms with van der Waals surface area (Å²) < 4.78 is 34.8. The van der Waals surface area contributed by atoms with Gasteiger partial charge in [0.05, 0.1) is 5.39 Å². The van der Waals surface area contributed by atoms with Crippen LogP contribution in [0.15, 0.2) is 42.9 Å². The van der Waals surface area contributed by atoms with E-state index in [1.165, 1.54) is 19.3 Å². The number of rotatable bonds is 3. The molecule has 1 aromatic carbocycles. The van der Waals surface area contributed by atoms with E-state index >= 15 is 0 Å². The molecule has 158 valence electrons. The van der Waals surface area contributed by atoms with Gasteiger partial charge in [-0.15, -0.1) is 0 Å². The Morgan fingerprint density at radius 1 is 1.17 bits per heavy atom. The number of anilines is 1. The predicted octanol–water partition coefficient (Wildman–Crippen LogP) is 2.48. The van der Waals surface area contributed by atoms with E-state index in [4.69, 9.17) is 19.9 Å². The van der Waals surface area contributed by atoms with Gasteiger partial charge in [-0.2, -0.15) is 0 Å². The molecule has 0 bridgehead atoms. The van der Waals surface area contributed by atoms with Crippen LogP contribution in [0.25, 0.3) is 11.0 Å². The summed E-state index contributed by atoms with van der Waals surface area (Å²) in [6.45, 7) is 5.12. The van der Waals surface area contributed by atoms with E-state index < -0.39 is 41.7 Å². The van der Waals surface area contributed by atoms with Crippen LogP contribution in [0.2, 0.25) is 0 Å². The van der Waals surface area contributed by atoms with E-state index in [9.17, 15) is 9.50 Å². The minimum Gasteiger partial charge on any atom is -0.383 e. The van der Waals surface area contributed by atoms with Crippen LogP contribution in [0.5, 0.6) is 0 Å². The topological polar surface area (TPSA) is 105 Å². The van der Waals surface area contributed by atoms with Crippen molar-refractivity contribution in [1.29, 1.82) is 0 Å². The number of nitrogens with two attached hydrogens (primary N) is 1. The third-order valence-corrected chi connectivity index (χ3v) is 5.82. The summed E-state index contributed by atoms with van der Waals surface area (Å²) in [6.07, 6.45) is 0.441. The molecule has 2 aliphatic heterocycles. The number of aliphatic hydroxyl groups is 1. The largest absolute Gasteiger partial charge is 0.383 e. The van der Waals surface area contributed by atoms with Gasteiger partial charge in [0.15, 0.2) is 12.0 Å². The molecule has 2 fully saturated rings. The molecule has 0 radical (unpaired) electrons. The van der Waals surface area contributed by atoms with Crippen molar-refractivity contribution in [1.82, 2.24) is 14.5 Å². The van der Waals surface area contributed by atoms with Gasteiger partial charge in [0, 0.05) is 11.8 Å². The SMILES string of the molecule is CC1(C)O[C@@H]2[C@H](O1)[C@@H](C(C)(O)c1ccccc1F)O[C@H]2n1ccc2c(N)ncnc21. The van der Waals surface area contributed by atoms with Crippen molar-refractivity contribution in [2.45, 2.75) is 56.7 Å². The van der Waals surface area contributed by atoms with Crippen LogP contribution < -0.4 is 5.73 Å². The molecule has 4 heterocycles. The Bertz CT molecular complexity index is 1120. The second-order valence-electron chi connectivity index (χ2n) is 8.36. The first-order chi connectivity index (χ1) is 14.2. The van der Waals surface area contributed by atoms with Crippen LogP contribution in [0, 0.1) is 5.82 Å². The van der Waals surface area contributed by atoms with Crippen molar-refractivity contribution in [3.05, 3.63) is 54.2 Å². The van der Waals surface area contributed by atoms with E-state index in [1.54, 1.807) is 48.9 Å². The fourth-order valence-corrected chi connectivity index (χ4v) is 4.47. The van der Waals surface area contributed by atoms with Crippen molar-refractivity contribution < 1.29 is 23.7 Å². The third kappa shape index (κ3) is 2.81. The normalized spacial score (nSPS) is 29.8. The van der Waals surface area contributed by atoms with Gasteiger partial charge >= 0.3 is 0 Å². The van der Waals surface area contributed by atoms with Crippen LogP contribution in [-0.4, -0.2) is 43.7 Å². The van der Waals surface area contributed by atoms with Crippen LogP contribution in [-0.2, 0) is 19.8 Å². The number of ether oxygens (including phenoxy) is 3. The number of hydrogen-bond acceptors (Lipinski definition) is 7. The standard InChI is InChI=1S/C21H23FN4O4/c1-20(2)29-14-15(30-20)19(26-9-8-11-17(23)24-10-25-18(11)26)28-16(14)21(3,27)12-6-4-5-7-13(12)22/h4-10,14-16,19,27H,1-3H3,(H2,23,24,25)/t14-,15+,16-,19+,21?/m0/s1. The molecule has 9 heteroatoms. The number of nitrogen functional groups attached to an aromatic ring is 1. The highest BCUT2D eigenvalue weighted by molar-refractivity contribution is 5.86. The zero-order chi connectivity index (χ0) is 21.3. The first-order valence-corrected chi connectivity index (χ1v) is 9.74. The summed E-state index contributed by atoms with van der Waals surface area (Å²) in [4.78, 5) is 8.34. The monoisotopic (exact) mass is 414 g/mol. The minimum absolute atomic E-state index is 0.131. The van der Waals surface area contributed by atoms with Gasteiger partial charge in [0.1, 0.15) is 47.5 Å². The molecule has 30 heavy (non-hydrogen) atoms. The second kappa shape index (κ2) is 6.45. The smallest absolute Gasteiger partial charge is 0.164 e. The average Bonchev–Trinajstić information content (AvgIpc) is 3.33. The number of fused-ring (bicyclic) bond motifs is 2. The van der Waals surface area contributed by atoms with Crippen molar-refractivity contribution >= 4 is 16.9 Å². The van der Waals surface area contributed by atoms with E-state index in [1.807, 2.05) is 0 Å². The molecule has 0 saturated carbocycles. The predicted molar refractivity (Wildman–Crippen MR) is 106 cm³/mol. The van der Waals surface area contributed by atoms with E-state index in [-0.39, 0.29) is 5.56 Å². The molecule has 0 amide bonds. The second-order valence-corrected chi connectivity index (χ2v) is 8.36. The number of aromatic nitrogens is 3. The van der Waals surface area contributed by atoms with Crippen LogP contribution in [0.4, 0.5) is 10.2 Å². The molecule has 5 atom stereocenters. The lowest BCUT2D eigenvalue weighted by molar-refractivity contribution is -0.221. The summed E-state index contributed by atoms with van der Waals surface area (Å²) >= 11 is 0. The fourth-order valence-electron chi connectivity index (χ4n) is 4.47. The molecular formula is C21H23FN4O4. The molecule has 0 spiro atoms. The summed E-state index contributed by atoms with van der Waals surface area (Å²) in [5.41, 5.74) is 5.01. The highest BCUT2D eigenvalue weighted by atomic mass is 19.1. The maximum atomic E-state index is 14.5. The van der Waals surface area contributed by atoms with Gasteiger partial charge in [-0.05, 0) is 32.9 Å². The Labute approximate surface area is 172 Å².